The number of carboxylic acids is 1. The van der Waals surface area contributed by atoms with Gasteiger partial charge in [0.05, 0.1) is 51.9 Å². The number of methoxy groups -OCH3 is 2. The van der Waals surface area contributed by atoms with Crippen molar-refractivity contribution < 1.29 is 47.7 Å². The highest BCUT2D eigenvalue weighted by Crippen LogP contribution is 2.48. The molecule has 1 amide bonds. The minimum absolute atomic E-state index is 0.0240. The summed E-state index contributed by atoms with van der Waals surface area (Å²) in [7, 11) is 3.23. The van der Waals surface area contributed by atoms with Gasteiger partial charge in [0.15, 0.2) is 5.71 Å². The molecule has 394 valence electrons. The van der Waals surface area contributed by atoms with Crippen molar-refractivity contribution in [1.29, 1.82) is 0 Å². The van der Waals surface area contributed by atoms with Crippen molar-refractivity contribution in [3.8, 4) is 11.5 Å². The number of para-hydroxylation sites is 2. The minimum Gasteiger partial charge on any atom is -0.550 e. The standard InChI is InChI=1S/C63H73N3O9/c1-8-65-54-26-19-17-24-52(54)61(2,3)56(65)28-14-10-15-29-57-62(4,5)53-25-18-20-27-55(53)66(57)41-21-11-16-30-58(67)64-49(44-74-60(70)40-43-73-42-39-59(68)69)45-75-63(46-22-12-9-13-23-46,47-31-35-50(71-6)36-32-47)48-33-37-51(72-7)38-34-48/h9-10,12-15,17-20,22-29,31-38,49H,8,11,16,21,30,39-45H2,1-7H3,(H-,64,67,68,69). The second kappa shape index (κ2) is 25.8. The molecule has 0 aliphatic carbocycles. The number of benzene rings is 5. The topological polar surface area (TPSA) is 139 Å². The fourth-order valence-electron chi connectivity index (χ4n) is 10.4. The number of likely N-dealkylation sites (N-methyl/N-ethyl adjacent to an activating group) is 1. The third-order valence-electron chi connectivity index (χ3n) is 14.3. The third-order valence-corrected chi connectivity index (χ3v) is 14.3. The SMILES string of the molecule is CCN1/C(=C/C=C/C=C/C2=[N+](CCCCCC(=O)NC(COC(=O)CCOCCC(=O)[O-])COC(c3ccccc3)(c3ccc(OC)cc3)c3ccc(OC)cc3)c3ccccc3C2(C)C)C(C)(C)c2ccccc21. The highest BCUT2D eigenvalue weighted by molar-refractivity contribution is 6.03. The zero-order valence-corrected chi connectivity index (χ0v) is 44.6. The summed E-state index contributed by atoms with van der Waals surface area (Å²) in [5.41, 5.74) is 8.58. The first-order chi connectivity index (χ1) is 36.2. The summed E-state index contributed by atoms with van der Waals surface area (Å²) in [6, 6.07) is 41.7. The molecule has 75 heavy (non-hydrogen) atoms. The molecule has 0 fully saturated rings. The Kier molecular flexibility index (Phi) is 19.1. The first-order valence-corrected chi connectivity index (χ1v) is 26.1. The van der Waals surface area contributed by atoms with E-state index in [4.69, 9.17) is 23.7 Å². The van der Waals surface area contributed by atoms with Gasteiger partial charge in [-0.3, -0.25) is 9.59 Å². The van der Waals surface area contributed by atoms with Gasteiger partial charge in [-0.05, 0) is 92.3 Å². The number of unbranched alkanes of at least 4 members (excludes halogenated alkanes) is 2. The molecule has 7 rings (SSSR count). The number of rotatable bonds is 27. The number of nitrogens with zero attached hydrogens (tertiary/aromatic N) is 2. The Labute approximate surface area is 443 Å². The number of anilines is 1. The largest absolute Gasteiger partial charge is 0.550 e. The fraction of sp³-hybridized carbons (Fsp3) is 0.365. The van der Waals surface area contributed by atoms with Gasteiger partial charge >= 0.3 is 5.97 Å². The van der Waals surface area contributed by atoms with Crippen LogP contribution in [0.15, 0.2) is 163 Å². The molecule has 12 heteroatoms. The number of esters is 1. The summed E-state index contributed by atoms with van der Waals surface area (Å²) in [5.74, 6) is -0.633. The van der Waals surface area contributed by atoms with Crippen LogP contribution in [0, 0.1) is 0 Å². The molecule has 1 N–H and O–H groups in total. The van der Waals surface area contributed by atoms with Gasteiger partial charge < -0.3 is 43.8 Å². The predicted octanol–water partition coefficient (Wildman–Crippen LogP) is 10.0. The van der Waals surface area contributed by atoms with Crippen LogP contribution in [0.25, 0.3) is 0 Å². The second-order valence-corrected chi connectivity index (χ2v) is 19.9. The highest BCUT2D eigenvalue weighted by Gasteiger charge is 2.44. The van der Waals surface area contributed by atoms with Crippen LogP contribution in [0.3, 0.4) is 0 Å². The lowest BCUT2D eigenvalue weighted by atomic mass is 9.80. The molecule has 2 aliphatic rings. The van der Waals surface area contributed by atoms with E-state index in [2.05, 4.69) is 128 Å². The van der Waals surface area contributed by atoms with Crippen LogP contribution >= 0.6 is 0 Å². The molecule has 5 aromatic carbocycles. The maximum Gasteiger partial charge on any atom is 0.308 e. The molecular formula is C63H73N3O9. The lowest BCUT2D eigenvalue weighted by Crippen LogP contribution is -2.45. The molecule has 12 nitrogen and oxygen atoms in total. The zero-order valence-electron chi connectivity index (χ0n) is 44.6. The third kappa shape index (κ3) is 13.2. The van der Waals surface area contributed by atoms with Crippen molar-refractivity contribution in [3.05, 3.63) is 191 Å². The summed E-state index contributed by atoms with van der Waals surface area (Å²) in [4.78, 5) is 40.2. The van der Waals surface area contributed by atoms with E-state index in [0.717, 1.165) is 42.6 Å². The van der Waals surface area contributed by atoms with Crippen molar-refractivity contribution in [2.45, 2.75) is 95.6 Å². The molecular weight excluding hydrogens is 943 g/mol. The number of aliphatic carboxylic acids is 1. The Morgan fingerprint density at radius 2 is 1.29 bits per heavy atom. The molecule has 2 heterocycles. The van der Waals surface area contributed by atoms with Crippen molar-refractivity contribution in [3.63, 3.8) is 0 Å². The van der Waals surface area contributed by atoms with E-state index in [0.29, 0.717) is 17.9 Å². The summed E-state index contributed by atoms with van der Waals surface area (Å²) in [6.07, 6.45) is 13.1. The Balaban J connectivity index is 1.05. The van der Waals surface area contributed by atoms with E-state index < -0.39 is 23.6 Å². The van der Waals surface area contributed by atoms with Gasteiger partial charge in [-0.15, -0.1) is 0 Å². The summed E-state index contributed by atoms with van der Waals surface area (Å²) < 4.78 is 31.6. The van der Waals surface area contributed by atoms with Crippen molar-refractivity contribution in [2.75, 3.05) is 58.6 Å². The van der Waals surface area contributed by atoms with Crippen LogP contribution in [0.5, 0.6) is 11.5 Å². The molecule has 0 bridgehead atoms. The second-order valence-electron chi connectivity index (χ2n) is 19.9. The van der Waals surface area contributed by atoms with Crippen molar-refractivity contribution >= 4 is 34.9 Å². The first kappa shape index (κ1) is 55.5. The lowest BCUT2D eigenvalue weighted by Gasteiger charge is -2.37. The smallest absolute Gasteiger partial charge is 0.308 e. The van der Waals surface area contributed by atoms with Gasteiger partial charge in [0.2, 0.25) is 11.6 Å². The van der Waals surface area contributed by atoms with Gasteiger partial charge in [-0.2, -0.15) is 4.58 Å². The number of carbonyl (C=O) groups is 3. The van der Waals surface area contributed by atoms with E-state index in [1.165, 1.54) is 33.9 Å². The van der Waals surface area contributed by atoms with E-state index in [1.54, 1.807) is 14.2 Å². The summed E-state index contributed by atoms with van der Waals surface area (Å²) in [5, 5.41) is 14.0. The number of fused-ring (bicyclic) bond motifs is 2. The van der Waals surface area contributed by atoms with Crippen molar-refractivity contribution in [1.82, 2.24) is 5.32 Å². The quantitative estimate of drug-likeness (QED) is 0.0178. The number of hydrogen-bond acceptors (Lipinski definition) is 10. The van der Waals surface area contributed by atoms with Gasteiger partial charge in [0.1, 0.15) is 30.3 Å². The molecule has 1 unspecified atom stereocenters. The van der Waals surface area contributed by atoms with Gasteiger partial charge in [-0.1, -0.05) is 123 Å². The molecule has 0 saturated carbocycles. The van der Waals surface area contributed by atoms with Crippen LogP contribution in [0.1, 0.15) is 101 Å². The molecule has 0 spiro atoms. The number of amides is 1. The van der Waals surface area contributed by atoms with Gasteiger partial charge in [0, 0.05) is 66.3 Å². The molecule has 0 radical (unpaired) electrons. The lowest BCUT2D eigenvalue weighted by molar-refractivity contribution is -0.438. The zero-order chi connectivity index (χ0) is 53.4. The Morgan fingerprint density at radius 3 is 1.95 bits per heavy atom. The monoisotopic (exact) mass is 1020 g/mol. The van der Waals surface area contributed by atoms with Crippen LogP contribution < -0.4 is 24.8 Å². The Bertz CT molecular complexity index is 2800. The Hall–Kier alpha value is -7.28. The van der Waals surface area contributed by atoms with Crippen LogP contribution in [0.2, 0.25) is 0 Å². The summed E-state index contributed by atoms with van der Waals surface area (Å²) >= 11 is 0. The van der Waals surface area contributed by atoms with Gasteiger partial charge in [0.25, 0.3) is 0 Å². The molecule has 0 aromatic heterocycles. The van der Waals surface area contributed by atoms with Crippen LogP contribution in [0.4, 0.5) is 11.4 Å². The van der Waals surface area contributed by atoms with E-state index >= 15 is 0 Å². The number of allylic oxidation sites excluding steroid dienone is 6. The molecule has 5 aromatic rings. The van der Waals surface area contributed by atoms with E-state index in [9.17, 15) is 19.5 Å². The number of ether oxygens (including phenoxy) is 5. The van der Waals surface area contributed by atoms with Crippen molar-refractivity contribution in [2.24, 2.45) is 0 Å². The number of nitrogens with one attached hydrogen (secondary N) is 1. The van der Waals surface area contributed by atoms with E-state index in [1.807, 2.05) is 78.9 Å². The van der Waals surface area contributed by atoms with Gasteiger partial charge in [-0.25, -0.2) is 0 Å². The molecule has 0 saturated heterocycles. The maximum atomic E-state index is 13.9. The Morgan fingerprint density at radius 1 is 0.680 bits per heavy atom. The van der Waals surface area contributed by atoms with E-state index in [-0.39, 0.29) is 62.4 Å². The minimum atomic E-state index is -1.23. The average Bonchev–Trinajstić information content (AvgIpc) is 3.78. The maximum absolute atomic E-state index is 13.9. The fourth-order valence-corrected chi connectivity index (χ4v) is 10.4. The number of carbonyl (C=O) groups excluding carboxylic acids is 3. The predicted molar refractivity (Wildman–Crippen MR) is 293 cm³/mol. The first-order valence-electron chi connectivity index (χ1n) is 26.1. The normalized spacial score (nSPS) is 15.6. The summed E-state index contributed by atoms with van der Waals surface area (Å²) in [6.45, 7) is 12.7. The average molecular weight is 1020 g/mol. The van der Waals surface area contributed by atoms with Crippen LogP contribution in [-0.4, -0.2) is 87.9 Å². The number of hydrogen-bond donors (Lipinski definition) is 1. The molecule has 1 atom stereocenters. The highest BCUT2D eigenvalue weighted by atomic mass is 16.5. The molecule has 2 aliphatic heterocycles. The van der Waals surface area contributed by atoms with Crippen LogP contribution in [-0.2, 0) is 45.0 Å². The number of carboxylic acid groups (broad SMARTS) is 1.